The standard InChI is InChI=1S/C25H16F8O/c1-2-3-4-19(26)23(30)14-5-7-16(8-6-14)25(32,33)34-17-9-10-18(20(27)13-17)15-11-21(28)24(31)22(29)12-15/h3-13H,2H2,1H3. The summed E-state index contributed by atoms with van der Waals surface area (Å²) in [4.78, 5) is 0. The smallest absolute Gasteiger partial charge is 0.426 e. The van der Waals surface area contributed by atoms with E-state index in [9.17, 15) is 35.1 Å². The van der Waals surface area contributed by atoms with Gasteiger partial charge in [-0.3, -0.25) is 0 Å². The van der Waals surface area contributed by atoms with Gasteiger partial charge in [0.1, 0.15) is 11.6 Å². The van der Waals surface area contributed by atoms with Crippen LogP contribution in [-0.2, 0) is 6.11 Å². The lowest BCUT2D eigenvalue weighted by Crippen LogP contribution is -2.21. The van der Waals surface area contributed by atoms with Crippen LogP contribution in [0.1, 0.15) is 24.5 Å². The fraction of sp³-hybridized carbons (Fsp3) is 0.120. The van der Waals surface area contributed by atoms with Crippen LogP contribution >= 0.6 is 0 Å². The molecule has 3 rings (SSSR count). The summed E-state index contributed by atoms with van der Waals surface area (Å²) in [5.74, 6) is -8.99. The lowest BCUT2D eigenvalue weighted by atomic mass is 10.0. The number of hydrogen-bond donors (Lipinski definition) is 0. The van der Waals surface area contributed by atoms with E-state index in [0.717, 1.165) is 42.5 Å². The Bertz CT molecular complexity index is 1220. The number of rotatable bonds is 7. The van der Waals surface area contributed by atoms with Crippen LogP contribution in [0.15, 0.2) is 72.6 Å². The van der Waals surface area contributed by atoms with Crippen LogP contribution in [0.3, 0.4) is 0 Å². The second-order valence-electron chi connectivity index (χ2n) is 7.06. The van der Waals surface area contributed by atoms with E-state index < -0.39 is 52.3 Å². The van der Waals surface area contributed by atoms with Crippen LogP contribution in [0.4, 0.5) is 35.1 Å². The summed E-state index contributed by atoms with van der Waals surface area (Å²) in [6, 6.07) is 7.05. The van der Waals surface area contributed by atoms with Gasteiger partial charge in [0.05, 0.1) is 5.56 Å². The second kappa shape index (κ2) is 10.1. The third-order valence-corrected chi connectivity index (χ3v) is 4.67. The van der Waals surface area contributed by atoms with Crippen molar-refractivity contribution in [1.82, 2.24) is 0 Å². The van der Waals surface area contributed by atoms with Crippen LogP contribution in [0, 0.1) is 23.3 Å². The highest BCUT2D eigenvalue weighted by Crippen LogP contribution is 2.35. The van der Waals surface area contributed by atoms with Gasteiger partial charge in [0, 0.05) is 17.2 Å². The molecular formula is C25H16F8O. The summed E-state index contributed by atoms with van der Waals surface area (Å²) in [5, 5.41) is 0. The first kappa shape index (κ1) is 25.0. The van der Waals surface area contributed by atoms with Crippen LogP contribution < -0.4 is 4.74 Å². The van der Waals surface area contributed by atoms with E-state index in [1.807, 2.05) is 0 Å². The Morgan fingerprint density at radius 3 is 2.03 bits per heavy atom. The quantitative estimate of drug-likeness (QED) is 0.185. The van der Waals surface area contributed by atoms with Gasteiger partial charge in [-0.1, -0.05) is 25.1 Å². The Labute approximate surface area is 189 Å². The predicted octanol–water partition coefficient (Wildman–Crippen LogP) is 8.61. The highest BCUT2D eigenvalue weighted by molar-refractivity contribution is 5.65. The lowest BCUT2D eigenvalue weighted by molar-refractivity contribution is -0.185. The molecule has 3 aromatic rings. The van der Waals surface area contributed by atoms with E-state index in [4.69, 9.17) is 0 Å². The van der Waals surface area contributed by atoms with Gasteiger partial charge in [-0.15, -0.1) is 0 Å². The first-order chi connectivity index (χ1) is 16.0. The summed E-state index contributed by atoms with van der Waals surface area (Å²) in [7, 11) is 0. The van der Waals surface area contributed by atoms with E-state index in [2.05, 4.69) is 4.74 Å². The molecule has 0 N–H and O–H groups in total. The van der Waals surface area contributed by atoms with Crippen LogP contribution in [0.5, 0.6) is 5.75 Å². The molecule has 0 saturated heterocycles. The molecule has 0 amide bonds. The Morgan fingerprint density at radius 1 is 0.853 bits per heavy atom. The van der Waals surface area contributed by atoms with Gasteiger partial charge in [-0.05, 0) is 54.5 Å². The van der Waals surface area contributed by atoms with Gasteiger partial charge in [-0.25, -0.2) is 26.3 Å². The number of alkyl halides is 2. The molecule has 9 heteroatoms. The van der Waals surface area contributed by atoms with Crippen molar-refractivity contribution in [1.29, 1.82) is 0 Å². The van der Waals surface area contributed by atoms with Crippen molar-refractivity contribution in [2.75, 3.05) is 0 Å². The Kier molecular flexibility index (Phi) is 7.44. The normalized spacial score (nSPS) is 12.7. The summed E-state index contributed by atoms with van der Waals surface area (Å²) in [5.41, 5.74) is -1.72. The van der Waals surface area contributed by atoms with Gasteiger partial charge in [0.2, 0.25) is 0 Å². The van der Waals surface area contributed by atoms with Crippen molar-refractivity contribution in [3.05, 3.63) is 107 Å². The van der Waals surface area contributed by atoms with Crippen molar-refractivity contribution in [2.45, 2.75) is 19.5 Å². The molecule has 178 valence electrons. The van der Waals surface area contributed by atoms with Gasteiger partial charge < -0.3 is 4.74 Å². The number of hydrogen-bond acceptors (Lipinski definition) is 1. The first-order valence-electron chi connectivity index (χ1n) is 9.87. The number of allylic oxidation sites excluding steroid dienone is 3. The van der Waals surface area contributed by atoms with Crippen molar-refractivity contribution in [2.24, 2.45) is 0 Å². The monoisotopic (exact) mass is 484 g/mol. The molecule has 0 unspecified atom stereocenters. The predicted molar refractivity (Wildman–Crippen MR) is 111 cm³/mol. The van der Waals surface area contributed by atoms with Crippen molar-refractivity contribution >= 4 is 5.83 Å². The molecule has 0 bridgehead atoms. The highest BCUT2D eigenvalue weighted by atomic mass is 19.3. The molecule has 0 aromatic heterocycles. The highest BCUT2D eigenvalue weighted by Gasteiger charge is 2.35. The Balaban J connectivity index is 1.82. The van der Waals surface area contributed by atoms with Gasteiger partial charge in [-0.2, -0.15) is 8.78 Å². The molecular weight excluding hydrogens is 468 g/mol. The average Bonchev–Trinajstić information content (AvgIpc) is 2.80. The molecule has 0 saturated carbocycles. The minimum Gasteiger partial charge on any atom is -0.429 e. The van der Waals surface area contributed by atoms with Crippen molar-refractivity contribution in [3.8, 4) is 16.9 Å². The minimum atomic E-state index is -3.98. The average molecular weight is 484 g/mol. The van der Waals surface area contributed by atoms with Crippen LogP contribution in [0.25, 0.3) is 17.0 Å². The lowest BCUT2D eigenvalue weighted by Gasteiger charge is -2.19. The fourth-order valence-electron chi connectivity index (χ4n) is 2.95. The number of halogens is 8. The Hall–Kier alpha value is -3.62. The zero-order valence-corrected chi connectivity index (χ0v) is 17.5. The van der Waals surface area contributed by atoms with E-state index in [1.54, 1.807) is 6.92 Å². The van der Waals surface area contributed by atoms with E-state index in [0.29, 0.717) is 24.6 Å². The third-order valence-electron chi connectivity index (χ3n) is 4.67. The summed E-state index contributed by atoms with van der Waals surface area (Å²) < 4.78 is 116. The largest absolute Gasteiger partial charge is 0.429 e. The number of ether oxygens (including phenoxy) is 1. The van der Waals surface area contributed by atoms with E-state index in [-0.39, 0.29) is 16.7 Å². The summed E-state index contributed by atoms with van der Waals surface area (Å²) in [6.07, 6.45) is -1.20. The van der Waals surface area contributed by atoms with E-state index in [1.165, 1.54) is 6.08 Å². The first-order valence-corrected chi connectivity index (χ1v) is 9.87. The fourth-order valence-corrected chi connectivity index (χ4v) is 2.95. The molecule has 0 fully saturated rings. The molecule has 0 atom stereocenters. The Morgan fingerprint density at radius 2 is 1.47 bits per heavy atom. The summed E-state index contributed by atoms with van der Waals surface area (Å²) >= 11 is 0. The topological polar surface area (TPSA) is 9.23 Å². The SMILES string of the molecule is CCC=CC(F)=C(F)c1ccc(C(F)(F)Oc2ccc(-c3cc(F)c(F)c(F)c3)c(F)c2)cc1. The third kappa shape index (κ3) is 5.47. The molecule has 3 aromatic carbocycles. The molecule has 0 radical (unpaired) electrons. The number of benzene rings is 3. The van der Waals surface area contributed by atoms with Crippen LogP contribution in [0.2, 0.25) is 0 Å². The molecule has 0 spiro atoms. The zero-order chi connectivity index (χ0) is 25.0. The van der Waals surface area contributed by atoms with Gasteiger partial charge >= 0.3 is 6.11 Å². The van der Waals surface area contributed by atoms with Crippen molar-refractivity contribution in [3.63, 3.8) is 0 Å². The minimum absolute atomic E-state index is 0.271. The molecule has 0 aliphatic heterocycles. The van der Waals surface area contributed by atoms with Crippen molar-refractivity contribution < 1.29 is 39.9 Å². The molecule has 0 heterocycles. The maximum absolute atomic E-state index is 14.5. The molecule has 0 aliphatic carbocycles. The maximum atomic E-state index is 14.5. The molecule has 0 aliphatic rings. The maximum Gasteiger partial charge on any atom is 0.426 e. The molecule has 1 nitrogen and oxygen atoms in total. The zero-order valence-electron chi connectivity index (χ0n) is 17.5. The van der Waals surface area contributed by atoms with Gasteiger partial charge in [0.15, 0.2) is 29.1 Å². The van der Waals surface area contributed by atoms with E-state index >= 15 is 0 Å². The molecule has 34 heavy (non-hydrogen) atoms. The van der Waals surface area contributed by atoms with Gasteiger partial charge in [0.25, 0.3) is 0 Å². The second-order valence-corrected chi connectivity index (χ2v) is 7.06. The van der Waals surface area contributed by atoms with Crippen LogP contribution in [-0.4, -0.2) is 0 Å². The summed E-state index contributed by atoms with van der Waals surface area (Å²) in [6.45, 7) is 1.72.